The average Bonchev–Trinajstić information content (AvgIpc) is 4.31. The Morgan fingerprint density at radius 1 is 0.718 bits per heavy atom. The van der Waals surface area contributed by atoms with Gasteiger partial charge in [-0.05, 0) is 169 Å². The van der Waals surface area contributed by atoms with Crippen molar-refractivity contribution in [3.8, 4) is 17.2 Å². The number of Topliss-reactive ketones (excluding diaryl/α,β-unsaturated/α-hetero) is 2. The number of carbonyl (C=O) groups excluding carboxylic acids is 2. The number of benzene rings is 5. The fourth-order valence-electron chi connectivity index (χ4n) is 13.2. The molecule has 1 fully saturated rings. The van der Waals surface area contributed by atoms with E-state index in [1.807, 2.05) is 60.9 Å². The molecule has 7 aromatic rings. The molecule has 11 rings (SSSR count). The molecule has 0 saturated heterocycles. The number of aromatic amines is 2. The second-order valence-corrected chi connectivity index (χ2v) is 22.5. The van der Waals surface area contributed by atoms with Crippen LogP contribution in [-0.4, -0.2) is 67.3 Å². The van der Waals surface area contributed by atoms with E-state index in [1.165, 1.54) is 5.56 Å². The van der Waals surface area contributed by atoms with Gasteiger partial charge in [-0.3, -0.25) is 9.59 Å². The normalized spacial score (nSPS) is 20.6. The molecule has 1 aliphatic heterocycles. The summed E-state index contributed by atoms with van der Waals surface area (Å²) in [5.41, 5.74) is 12.7. The van der Waals surface area contributed by atoms with Gasteiger partial charge in [-0.25, -0.2) is 0 Å². The summed E-state index contributed by atoms with van der Waals surface area (Å²) in [5, 5.41) is 49.8. The Morgan fingerprint density at radius 2 is 1.50 bits per heavy atom. The zero-order valence-corrected chi connectivity index (χ0v) is 44.5. The number of hydrogen-bond acceptors (Lipinski definition) is 8. The lowest BCUT2D eigenvalue weighted by atomic mass is 9.67. The minimum atomic E-state index is -1.04. The molecule has 4 aliphatic rings. The number of aromatic nitrogens is 2. The Hall–Kier alpha value is -7.40. The summed E-state index contributed by atoms with van der Waals surface area (Å²) in [5.74, 6) is -0.989. The summed E-state index contributed by atoms with van der Waals surface area (Å²) in [6.45, 7) is 0.000783. The summed E-state index contributed by atoms with van der Waals surface area (Å²) >= 11 is 0. The summed E-state index contributed by atoms with van der Waals surface area (Å²) in [6.07, 6.45) is 19.0. The second kappa shape index (κ2) is 24.1. The lowest BCUT2D eigenvalue weighted by Crippen LogP contribution is -2.38. The molecule has 10 heteroatoms. The maximum absolute atomic E-state index is 15.7. The van der Waals surface area contributed by atoms with Crippen molar-refractivity contribution < 1.29 is 34.8 Å². The topological polar surface area (TPSA) is 168 Å². The fraction of sp³-hybridized carbons (Fsp3) is 0.353. The predicted octanol–water partition coefficient (Wildman–Crippen LogP) is 12.5. The van der Waals surface area contributed by atoms with Crippen LogP contribution in [0.5, 0.6) is 17.2 Å². The van der Waals surface area contributed by atoms with Crippen LogP contribution in [0.1, 0.15) is 137 Å². The molecule has 5 aromatic carbocycles. The molecule has 78 heavy (non-hydrogen) atoms. The third kappa shape index (κ3) is 11.9. The number of fused-ring (bicyclic) bond motifs is 8. The maximum atomic E-state index is 15.7. The van der Waals surface area contributed by atoms with Crippen molar-refractivity contribution in [2.75, 3.05) is 18.5 Å². The zero-order valence-electron chi connectivity index (χ0n) is 44.5. The minimum absolute atomic E-state index is 0.0154. The van der Waals surface area contributed by atoms with E-state index in [0.717, 1.165) is 119 Å². The van der Waals surface area contributed by atoms with Gasteiger partial charge in [-0.15, -0.1) is 0 Å². The molecule has 402 valence electrons. The first kappa shape index (κ1) is 52.6. The molecule has 3 heterocycles. The highest BCUT2D eigenvalue weighted by Crippen LogP contribution is 2.46. The van der Waals surface area contributed by atoms with Gasteiger partial charge in [0.1, 0.15) is 17.4 Å². The van der Waals surface area contributed by atoms with Crippen molar-refractivity contribution in [3.63, 3.8) is 0 Å². The SMILES string of the molecule is O=C1CCc2cc(c(O)c(OC3CCCC3)c2)Cc2ccc(C(CCc3ccccc3)C(O)Cc3ccccc3)c(c2)Cc2cc[nH]c2NCC2=Cc3[nH]ccc3C(CC3C=Cc4c(O)cccc4CC3)C2C(=O)C1CCO. The van der Waals surface area contributed by atoms with Crippen LogP contribution in [0.15, 0.2) is 145 Å². The molecule has 6 atom stereocenters. The van der Waals surface area contributed by atoms with Gasteiger partial charge in [0.15, 0.2) is 17.3 Å². The molecule has 1 saturated carbocycles. The lowest BCUT2D eigenvalue weighted by Gasteiger charge is -2.36. The number of rotatable bonds is 13. The number of allylic oxidation sites excluding steroid dienone is 1. The van der Waals surface area contributed by atoms with Gasteiger partial charge in [0, 0.05) is 79.4 Å². The van der Waals surface area contributed by atoms with Crippen molar-refractivity contribution in [2.45, 2.75) is 120 Å². The van der Waals surface area contributed by atoms with Gasteiger partial charge in [0.2, 0.25) is 0 Å². The quantitative estimate of drug-likeness (QED) is 0.0560. The summed E-state index contributed by atoms with van der Waals surface area (Å²) in [6, 6.07) is 40.9. The summed E-state index contributed by atoms with van der Waals surface area (Å²) in [4.78, 5) is 37.6. The van der Waals surface area contributed by atoms with E-state index in [1.54, 1.807) is 6.07 Å². The number of aliphatic hydroxyl groups excluding tert-OH is 2. The molecule has 0 radical (unpaired) electrons. The number of ketones is 2. The average molecular weight is 1040 g/mol. The first-order valence-electron chi connectivity index (χ1n) is 28.5. The molecule has 3 aliphatic carbocycles. The van der Waals surface area contributed by atoms with Gasteiger partial charge < -0.3 is 40.4 Å². The van der Waals surface area contributed by atoms with Crippen molar-refractivity contribution in [1.82, 2.24) is 9.97 Å². The van der Waals surface area contributed by atoms with Crippen molar-refractivity contribution >= 4 is 29.5 Å². The number of carbonyl (C=O) groups is 2. The van der Waals surface area contributed by atoms with E-state index in [9.17, 15) is 25.2 Å². The smallest absolute Gasteiger partial charge is 0.161 e. The van der Waals surface area contributed by atoms with Crippen LogP contribution in [0.4, 0.5) is 5.82 Å². The molecule has 2 aromatic heterocycles. The Morgan fingerprint density at radius 3 is 2.31 bits per heavy atom. The number of aryl methyl sites for hydroxylation is 3. The van der Waals surface area contributed by atoms with E-state index < -0.39 is 17.9 Å². The van der Waals surface area contributed by atoms with Crippen molar-refractivity contribution in [1.29, 1.82) is 0 Å². The standard InChI is InChI=1S/C68H73N3O7/c72-33-30-58-62(74)27-22-47-36-51(66(76)64(39-47)78-53-15-7-8-16-53)35-46-21-24-54(57(26-19-43-10-3-1-4-11-43)63(75)38-44-12-5-2-6-13-44)50(34-46)40-49-28-31-70-68(49)71-42-52-41-60-56(29-32-69-60)59(65(52)67(58)77)37-45-18-23-48-14-9-17-61(73)55(48)25-20-45/h1-6,9-14,17,20-21,24-25,28-29,31-32,34,36,39,41,45,53,57-59,63,65,69-73,75-76H,7-8,15-16,18-19,22-23,26-27,30,33,35,37-38,40,42H2. The molecule has 0 spiro atoms. The Labute approximate surface area is 458 Å². The second-order valence-electron chi connectivity index (χ2n) is 22.5. The molecule has 4 bridgehead atoms. The van der Waals surface area contributed by atoms with E-state index in [2.05, 4.69) is 100 Å². The van der Waals surface area contributed by atoms with Crippen LogP contribution in [0, 0.1) is 17.8 Å². The number of anilines is 1. The Bertz CT molecular complexity index is 3270. The minimum Gasteiger partial charge on any atom is -0.507 e. The Balaban J connectivity index is 1.00. The van der Waals surface area contributed by atoms with Crippen molar-refractivity contribution in [2.24, 2.45) is 17.8 Å². The number of nitrogens with one attached hydrogen (secondary N) is 3. The maximum Gasteiger partial charge on any atom is 0.161 e. The molecule has 10 nitrogen and oxygen atoms in total. The molecule has 0 amide bonds. The molecule has 7 N–H and O–H groups in total. The van der Waals surface area contributed by atoms with Crippen LogP contribution >= 0.6 is 0 Å². The van der Waals surface area contributed by atoms with E-state index in [4.69, 9.17) is 4.74 Å². The number of phenols is 2. The number of ether oxygens (including phenoxy) is 1. The van der Waals surface area contributed by atoms with Crippen LogP contribution in [0.25, 0.3) is 12.2 Å². The van der Waals surface area contributed by atoms with Crippen LogP contribution in [0.2, 0.25) is 0 Å². The van der Waals surface area contributed by atoms with E-state index in [0.29, 0.717) is 50.0 Å². The highest BCUT2D eigenvalue weighted by atomic mass is 16.5. The van der Waals surface area contributed by atoms with Crippen LogP contribution in [0.3, 0.4) is 0 Å². The number of aromatic hydroxyl groups is 2. The highest BCUT2D eigenvalue weighted by Gasteiger charge is 2.42. The number of H-pyrrole nitrogens is 2. The largest absolute Gasteiger partial charge is 0.507 e. The third-order valence-corrected chi connectivity index (χ3v) is 17.3. The molecular weight excluding hydrogens is 971 g/mol. The zero-order chi connectivity index (χ0) is 53.5. The first-order valence-corrected chi connectivity index (χ1v) is 28.5. The Kier molecular flexibility index (Phi) is 16.3. The fourth-order valence-corrected chi connectivity index (χ4v) is 13.2. The van der Waals surface area contributed by atoms with E-state index in [-0.39, 0.29) is 66.4 Å². The molecular formula is C68H73N3O7. The van der Waals surface area contributed by atoms with Gasteiger partial charge in [0.25, 0.3) is 0 Å². The number of aliphatic hydroxyl groups is 2. The van der Waals surface area contributed by atoms with E-state index >= 15 is 4.79 Å². The van der Waals surface area contributed by atoms with Gasteiger partial charge >= 0.3 is 0 Å². The highest BCUT2D eigenvalue weighted by molar-refractivity contribution is 6.05. The van der Waals surface area contributed by atoms with Crippen LogP contribution in [-0.2, 0) is 48.1 Å². The van der Waals surface area contributed by atoms with Gasteiger partial charge in [0.05, 0.1) is 18.1 Å². The van der Waals surface area contributed by atoms with Crippen LogP contribution < -0.4 is 10.1 Å². The van der Waals surface area contributed by atoms with Gasteiger partial charge in [-0.1, -0.05) is 109 Å². The lowest BCUT2D eigenvalue weighted by molar-refractivity contribution is -0.135. The number of hydrogen-bond donors (Lipinski definition) is 7. The van der Waals surface area contributed by atoms with Crippen molar-refractivity contribution in [3.05, 3.63) is 212 Å². The van der Waals surface area contributed by atoms with Gasteiger partial charge in [-0.2, -0.15) is 0 Å². The monoisotopic (exact) mass is 1040 g/mol. The molecule has 6 unspecified atom stereocenters. The third-order valence-electron chi connectivity index (χ3n) is 17.3. The summed E-state index contributed by atoms with van der Waals surface area (Å²) in [7, 11) is 0. The number of phenolic OH excluding ortho intramolecular Hbond substituents is 2. The summed E-state index contributed by atoms with van der Waals surface area (Å²) < 4.78 is 6.59. The predicted molar refractivity (Wildman–Crippen MR) is 308 cm³/mol. The first-order chi connectivity index (χ1) is 38.1.